The van der Waals surface area contributed by atoms with Crippen LogP contribution in [0.1, 0.15) is 22.1 Å². The molecule has 4 nitrogen and oxygen atoms in total. The summed E-state index contributed by atoms with van der Waals surface area (Å²) in [5.41, 5.74) is 3.40. The maximum atomic E-state index is 12.4. The average molecular weight is 290 g/mol. The van der Waals surface area contributed by atoms with Crippen LogP contribution in [-0.2, 0) is 0 Å². The van der Waals surface area contributed by atoms with Crippen LogP contribution in [0.5, 0.6) is 0 Å². The third-order valence-electron chi connectivity index (χ3n) is 4.24. The van der Waals surface area contributed by atoms with Crippen molar-refractivity contribution in [1.29, 1.82) is 0 Å². The number of pyridine rings is 1. The number of hydrogen-bond donors (Lipinski definition) is 1. The van der Waals surface area contributed by atoms with Crippen molar-refractivity contribution in [2.45, 2.75) is 6.23 Å². The van der Waals surface area contributed by atoms with E-state index >= 15 is 0 Å². The topological polar surface area (TPSA) is 53.4 Å². The number of nitrogens with zero attached hydrogens (tertiary/aromatic N) is 2. The Balaban J connectivity index is 2.09. The van der Waals surface area contributed by atoms with Crippen LogP contribution in [0.3, 0.4) is 0 Å². The van der Waals surface area contributed by atoms with E-state index in [0.29, 0.717) is 5.56 Å². The van der Waals surface area contributed by atoms with Gasteiger partial charge < -0.3 is 10.0 Å². The van der Waals surface area contributed by atoms with Crippen LogP contribution >= 0.6 is 0 Å². The molecule has 1 atom stereocenters. The van der Waals surface area contributed by atoms with E-state index < -0.39 is 6.23 Å². The van der Waals surface area contributed by atoms with Gasteiger partial charge in [0.05, 0.1) is 0 Å². The molecule has 4 heteroatoms. The highest BCUT2D eigenvalue weighted by Gasteiger charge is 2.30. The Morgan fingerprint density at radius 3 is 2.68 bits per heavy atom. The van der Waals surface area contributed by atoms with Crippen molar-refractivity contribution < 1.29 is 9.90 Å². The first-order valence-electron chi connectivity index (χ1n) is 7.10. The number of rotatable bonds is 1. The molecule has 0 radical (unpaired) electrons. The van der Waals surface area contributed by atoms with Gasteiger partial charge in [0.15, 0.2) is 6.23 Å². The molecule has 0 aliphatic carbocycles. The Morgan fingerprint density at radius 2 is 1.91 bits per heavy atom. The average Bonchev–Trinajstić information content (AvgIpc) is 2.58. The summed E-state index contributed by atoms with van der Waals surface area (Å²) in [5, 5.41) is 12.2. The monoisotopic (exact) mass is 290 g/mol. The van der Waals surface area contributed by atoms with Crippen LogP contribution in [0.4, 0.5) is 0 Å². The van der Waals surface area contributed by atoms with Crippen molar-refractivity contribution in [3.8, 4) is 11.1 Å². The summed E-state index contributed by atoms with van der Waals surface area (Å²) in [6.07, 6.45) is 2.63. The zero-order valence-electron chi connectivity index (χ0n) is 12.0. The number of aromatic nitrogens is 1. The largest absolute Gasteiger partial charge is 0.369 e. The van der Waals surface area contributed by atoms with Gasteiger partial charge >= 0.3 is 0 Å². The number of hydrogen-bond acceptors (Lipinski definition) is 3. The minimum absolute atomic E-state index is 0.158. The summed E-state index contributed by atoms with van der Waals surface area (Å²) in [7, 11) is 1.61. The summed E-state index contributed by atoms with van der Waals surface area (Å²) in [4.78, 5) is 17.9. The molecule has 0 saturated heterocycles. The molecule has 3 aromatic rings. The number of aliphatic hydroxyl groups excluding tert-OH is 1. The van der Waals surface area contributed by atoms with E-state index in [1.54, 1.807) is 19.4 Å². The summed E-state index contributed by atoms with van der Waals surface area (Å²) < 4.78 is 0. The molecule has 2 heterocycles. The Morgan fingerprint density at radius 1 is 1.09 bits per heavy atom. The van der Waals surface area contributed by atoms with E-state index in [9.17, 15) is 9.90 Å². The van der Waals surface area contributed by atoms with E-state index in [-0.39, 0.29) is 5.91 Å². The molecule has 1 unspecified atom stereocenters. The molecule has 4 rings (SSSR count). The minimum atomic E-state index is -0.909. The second-order valence-electron chi connectivity index (χ2n) is 5.46. The quantitative estimate of drug-likeness (QED) is 0.749. The van der Waals surface area contributed by atoms with Gasteiger partial charge in [0.1, 0.15) is 0 Å². The molecular formula is C18H14N2O2. The fraction of sp³-hybridized carbons (Fsp3) is 0.111. The third kappa shape index (κ3) is 1.68. The first-order valence-corrected chi connectivity index (χ1v) is 7.10. The molecule has 1 aliphatic rings. The Kier molecular flexibility index (Phi) is 2.74. The number of benzene rings is 2. The summed E-state index contributed by atoms with van der Waals surface area (Å²) in [6, 6.07) is 13.4. The van der Waals surface area contributed by atoms with E-state index in [2.05, 4.69) is 4.98 Å². The van der Waals surface area contributed by atoms with Gasteiger partial charge in [-0.3, -0.25) is 9.78 Å². The van der Waals surface area contributed by atoms with Crippen LogP contribution in [0.15, 0.2) is 54.9 Å². The number of carbonyl (C=O) groups is 1. The first-order chi connectivity index (χ1) is 10.7. The molecule has 1 N–H and O–H groups in total. The number of amides is 1. The predicted octanol–water partition coefficient (Wildman–Crippen LogP) is 2.98. The van der Waals surface area contributed by atoms with Gasteiger partial charge in [-0.1, -0.05) is 30.3 Å². The summed E-state index contributed by atoms with van der Waals surface area (Å²) in [5.74, 6) is -0.158. The lowest BCUT2D eigenvalue weighted by atomic mass is 9.89. The predicted molar refractivity (Wildman–Crippen MR) is 84.2 cm³/mol. The molecule has 1 amide bonds. The van der Waals surface area contributed by atoms with Crippen LogP contribution in [0, 0.1) is 0 Å². The van der Waals surface area contributed by atoms with Crippen molar-refractivity contribution >= 4 is 16.7 Å². The second kappa shape index (κ2) is 4.64. The minimum Gasteiger partial charge on any atom is -0.369 e. The van der Waals surface area contributed by atoms with Gasteiger partial charge in [-0.15, -0.1) is 0 Å². The molecule has 2 aromatic carbocycles. The van der Waals surface area contributed by atoms with Crippen molar-refractivity contribution in [2.24, 2.45) is 0 Å². The summed E-state index contributed by atoms with van der Waals surface area (Å²) in [6.45, 7) is 0. The molecule has 0 fully saturated rings. The van der Waals surface area contributed by atoms with Gasteiger partial charge in [0.2, 0.25) is 0 Å². The van der Waals surface area contributed by atoms with Crippen molar-refractivity contribution in [3.63, 3.8) is 0 Å². The Bertz CT molecular complexity index is 890. The molecule has 0 spiro atoms. The van der Waals surface area contributed by atoms with E-state index in [1.165, 1.54) is 4.90 Å². The molecule has 0 bridgehead atoms. The van der Waals surface area contributed by atoms with Crippen molar-refractivity contribution in [2.75, 3.05) is 7.05 Å². The van der Waals surface area contributed by atoms with Crippen LogP contribution in [0.25, 0.3) is 21.9 Å². The fourth-order valence-electron chi connectivity index (χ4n) is 3.11. The van der Waals surface area contributed by atoms with Gasteiger partial charge in [-0.25, -0.2) is 0 Å². The van der Waals surface area contributed by atoms with E-state index in [1.807, 2.05) is 42.5 Å². The zero-order valence-corrected chi connectivity index (χ0v) is 12.0. The van der Waals surface area contributed by atoms with Crippen LogP contribution in [-0.4, -0.2) is 27.9 Å². The normalized spacial score (nSPS) is 17.1. The van der Waals surface area contributed by atoms with Gasteiger partial charge in [0.25, 0.3) is 5.91 Å². The standard InChI is InChI=1S/C18H14N2O2/c1-20-17(21)14-6-2-5-13-12(11-4-3-9-19-10-11)7-8-15(16(13)14)18(20)22/h2-10,17,21H,1H3. The molecule has 1 aliphatic heterocycles. The molecule has 1 aromatic heterocycles. The van der Waals surface area contributed by atoms with Crippen LogP contribution in [0.2, 0.25) is 0 Å². The summed E-state index contributed by atoms with van der Waals surface area (Å²) >= 11 is 0. The van der Waals surface area contributed by atoms with E-state index in [4.69, 9.17) is 0 Å². The third-order valence-corrected chi connectivity index (χ3v) is 4.24. The van der Waals surface area contributed by atoms with Gasteiger partial charge in [-0.05, 0) is 23.1 Å². The second-order valence-corrected chi connectivity index (χ2v) is 5.46. The highest BCUT2D eigenvalue weighted by atomic mass is 16.3. The number of carbonyl (C=O) groups excluding carboxylic acids is 1. The van der Waals surface area contributed by atoms with Gasteiger partial charge in [-0.2, -0.15) is 0 Å². The molecule has 108 valence electrons. The van der Waals surface area contributed by atoms with Crippen LogP contribution < -0.4 is 0 Å². The SMILES string of the molecule is CN1C(=O)c2ccc(-c3cccnc3)c3cccc(c23)C1O. The highest BCUT2D eigenvalue weighted by Crippen LogP contribution is 2.39. The smallest absolute Gasteiger partial charge is 0.256 e. The van der Waals surface area contributed by atoms with E-state index in [0.717, 1.165) is 27.5 Å². The zero-order chi connectivity index (χ0) is 15.3. The lowest BCUT2D eigenvalue weighted by Gasteiger charge is -2.31. The number of aliphatic hydroxyl groups is 1. The fourth-order valence-corrected chi connectivity index (χ4v) is 3.11. The van der Waals surface area contributed by atoms with Crippen molar-refractivity contribution in [1.82, 2.24) is 9.88 Å². The molecule has 22 heavy (non-hydrogen) atoms. The first kappa shape index (κ1) is 13.0. The maximum absolute atomic E-state index is 12.4. The lowest BCUT2D eigenvalue weighted by molar-refractivity contribution is 0.0174. The van der Waals surface area contributed by atoms with Gasteiger partial charge in [0, 0.05) is 41.5 Å². The molecular weight excluding hydrogens is 276 g/mol. The lowest BCUT2D eigenvalue weighted by Crippen LogP contribution is -2.34. The van der Waals surface area contributed by atoms with Crippen molar-refractivity contribution in [3.05, 3.63) is 66.0 Å². The molecule has 0 saturated carbocycles. The maximum Gasteiger partial charge on any atom is 0.256 e. The highest BCUT2D eigenvalue weighted by molar-refractivity contribution is 6.13. The Hall–Kier alpha value is -2.72. The Labute approximate surface area is 127 Å².